The van der Waals surface area contributed by atoms with Gasteiger partial charge >= 0.3 is 5.69 Å². The Morgan fingerprint density at radius 2 is 1.83 bits per heavy atom. The number of para-hydroxylation sites is 1. The van der Waals surface area contributed by atoms with Gasteiger partial charge in [0.05, 0.1) is 18.3 Å². The van der Waals surface area contributed by atoms with Gasteiger partial charge in [0.25, 0.3) is 15.6 Å². The molecule has 0 bridgehead atoms. The van der Waals surface area contributed by atoms with Crippen molar-refractivity contribution in [1.82, 2.24) is 9.13 Å². The number of anilines is 1. The smallest absolute Gasteiger partial charge is 0.330 e. The number of fused-ring (bicyclic) bond motifs is 1. The first-order valence-corrected chi connectivity index (χ1v) is 8.73. The molecule has 0 saturated heterocycles. The Morgan fingerprint density at radius 3 is 2.54 bits per heavy atom. The Labute approximate surface area is 138 Å². The Kier molecular flexibility index (Phi) is 3.84. The highest BCUT2D eigenvalue weighted by atomic mass is 32.2. The van der Waals surface area contributed by atoms with Crippen LogP contribution in [-0.4, -0.2) is 35.3 Å². The van der Waals surface area contributed by atoms with Gasteiger partial charge in [-0.3, -0.25) is 13.7 Å². The van der Waals surface area contributed by atoms with Crippen molar-refractivity contribution in [3.8, 4) is 0 Å². The van der Waals surface area contributed by atoms with E-state index in [2.05, 4.69) is 0 Å². The van der Waals surface area contributed by atoms with E-state index in [1.807, 2.05) is 0 Å². The van der Waals surface area contributed by atoms with Crippen LogP contribution in [0.25, 0.3) is 0 Å². The van der Waals surface area contributed by atoms with Crippen LogP contribution in [0.5, 0.6) is 0 Å². The number of aliphatic hydroxyl groups excluding tert-OH is 1. The molecule has 3 rings (SSSR count). The van der Waals surface area contributed by atoms with E-state index in [4.69, 9.17) is 0 Å². The topological polar surface area (TPSA) is 102 Å². The third-order valence-corrected chi connectivity index (χ3v) is 5.84. The Morgan fingerprint density at radius 1 is 1.17 bits per heavy atom. The molecular weight excluding hydrogens is 334 g/mol. The number of hydrogen-bond acceptors (Lipinski definition) is 5. The SMILES string of the molecule is Cn1cc(S(=O)(=O)N2CC(O)Cc3ccccc32)c(=O)n(C)c1=O. The van der Waals surface area contributed by atoms with Gasteiger partial charge in [-0.15, -0.1) is 0 Å². The number of β-amino-alcohol motifs (C(OH)–C–C–N with tert-alkyl or cyclic N) is 1. The van der Waals surface area contributed by atoms with Crippen molar-refractivity contribution in [2.75, 3.05) is 10.8 Å². The van der Waals surface area contributed by atoms with Crippen LogP contribution in [0.4, 0.5) is 5.69 Å². The maximum Gasteiger partial charge on any atom is 0.330 e. The van der Waals surface area contributed by atoms with E-state index in [-0.39, 0.29) is 6.54 Å². The largest absolute Gasteiger partial charge is 0.391 e. The van der Waals surface area contributed by atoms with Gasteiger partial charge in [-0.05, 0) is 11.6 Å². The first kappa shape index (κ1) is 16.5. The first-order valence-electron chi connectivity index (χ1n) is 7.29. The molecule has 0 saturated carbocycles. The Balaban J connectivity index is 2.24. The minimum Gasteiger partial charge on any atom is -0.391 e. The fourth-order valence-electron chi connectivity index (χ4n) is 2.83. The number of nitrogens with zero attached hydrogens (tertiary/aromatic N) is 3. The van der Waals surface area contributed by atoms with Crippen molar-refractivity contribution in [2.45, 2.75) is 17.4 Å². The Hall–Kier alpha value is -2.39. The first-order chi connectivity index (χ1) is 11.2. The summed E-state index contributed by atoms with van der Waals surface area (Å²) < 4.78 is 28.9. The number of aryl methyl sites for hydroxylation is 1. The van der Waals surface area contributed by atoms with E-state index in [9.17, 15) is 23.1 Å². The van der Waals surface area contributed by atoms with Crippen LogP contribution in [-0.2, 0) is 30.5 Å². The summed E-state index contributed by atoms with van der Waals surface area (Å²) in [6.07, 6.45) is 0.489. The van der Waals surface area contributed by atoms with Crippen LogP contribution in [0.1, 0.15) is 5.56 Å². The summed E-state index contributed by atoms with van der Waals surface area (Å²) in [5.41, 5.74) is -0.395. The summed E-state index contributed by atoms with van der Waals surface area (Å²) in [4.78, 5) is 23.6. The van der Waals surface area contributed by atoms with Gasteiger partial charge in [0.1, 0.15) is 0 Å². The average molecular weight is 351 g/mol. The Bertz CT molecular complexity index is 1020. The van der Waals surface area contributed by atoms with Crippen molar-refractivity contribution >= 4 is 15.7 Å². The summed E-state index contributed by atoms with van der Waals surface area (Å²) in [7, 11) is -1.62. The molecule has 0 aliphatic carbocycles. The van der Waals surface area contributed by atoms with Crippen molar-refractivity contribution in [3.63, 3.8) is 0 Å². The third-order valence-electron chi connectivity index (χ3n) is 4.08. The third kappa shape index (κ3) is 2.45. The van der Waals surface area contributed by atoms with Crippen LogP contribution in [0, 0.1) is 0 Å². The molecule has 9 heteroatoms. The van der Waals surface area contributed by atoms with Gasteiger partial charge in [-0.25, -0.2) is 13.2 Å². The molecule has 8 nitrogen and oxygen atoms in total. The summed E-state index contributed by atoms with van der Waals surface area (Å²) in [6.45, 7) is -0.147. The number of hydrogen-bond donors (Lipinski definition) is 1. The van der Waals surface area contributed by atoms with Gasteiger partial charge in [-0.1, -0.05) is 18.2 Å². The van der Waals surface area contributed by atoms with Crippen molar-refractivity contribution in [2.24, 2.45) is 14.1 Å². The second-order valence-corrected chi connectivity index (χ2v) is 7.60. The monoisotopic (exact) mass is 351 g/mol. The molecular formula is C15H17N3O5S. The highest BCUT2D eigenvalue weighted by Gasteiger charge is 2.34. The summed E-state index contributed by atoms with van der Waals surface area (Å²) in [5, 5.41) is 10.0. The van der Waals surface area contributed by atoms with Gasteiger partial charge in [0.2, 0.25) is 0 Å². The van der Waals surface area contributed by atoms with E-state index in [1.165, 1.54) is 14.1 Å². The van der Waals surface area contributed by atoms with Crippen LogP contribution in [0.3, 0.4) is 0 Å². The van der Waals surface area contributed by atoms with E-state index in [0.717, 1.165) is 19.6 Å². The highest BCUT2D eigenvalue weighted by molar-refractivity contribution is 7.92. The van der Waals surface area contributed by atoms with E-state index in [0.29, 0.717) is 17.7 Å². The fraction of sp³-hybridized carbons (Fsp3) is 0.333. The van der Waals surface area contributed by atoms with E-state index < -0.39 is 32.3 Å². The molecule has 1 unspecified atom stereocenters. The minimum atomic E-state index is -4.22. The number of sulfonamides is 1. The molecule has 128 valence electrons. The lowest BCUT2D eigenvalue weighted by Crippen LogP contribution is -2.46. The van der Waals surface area contributed by atoms with Crippen LogP contribution in [0.15, 0.2) is 44.9 Å². The predicted molar refractivity (Wildman–Crippen MR) is 87.6 cm³/mol. The normalized spacial score (nSPS) is 17.6. The molecule has 1 aliphatic rings. The van der Waals surface area contributed by atoms with Gasteiger partial charge in [0, 0.05) is 26.7 Å². The van der Waals surface area contributed by atoms with Crippen molar-refractivity contribution in [1.29, 1.82) is 0 Å². The zero-order valence-corrected chi connectivity index (χ0v) is 14.0. The maximum atomic E-state index is 13.0. The fourth-order valence-corrected chi connectivity index (χ4v) is 4.52. The lowest BCUT2D eigenvalue weighted by molar-refractivity contribution is 0.180. The zero-order chi connectivity index (χ0) is 17.6. The standard InChI is InChI=1S/C15H17N3O5S/c1-16-9-13(14(20)17(2)15(16)21)24(22,23)18-8-11(19)7-10-5-3-4-6-12(10)18/h3-6,9,11,19H,7-8H2,1-2H3. The lowest BCUT2D eigenvalue weighted by Gasteiger charge is -2.33. The predicted octanol–water partition coefficient (Wildman–Crippen LogP) is -0.804. The van der Waals surface area contributed by atoms with Crippen molar-refractivity contribution in [3.05, 3.63) is 56.9 Å². The molecule has 24 heavy (non-hydrogen) atoms. The summed E-state index contributed by atoms with van der Waals surface area (Å²) >= 11 is 0. The molecule has 1 atom stereocenters. The second kappa shape index (κ2) is 5.60. The van der Waals surface area contributed by atoms with E-state index >= 15 is 0 Å². The molecule has 1 aromatic heterocycles. The van der Waals surface area contributed by atoms with Crippen LogP contribution in [0.2, 0.25) is 0 Å². The maximum absolute atomic E-state index is 13.0. The molecule has 0 radical (unpaired) electrons. The molecule has 0 amide bonds. The van der Waals surface area contributed by atoms with Gasteiger partial charge < -0.3 is 9.67 Å². The molecule has 1 aliphatic heterocycles. The number of rotatable bonds is 2. The van der Waals surface area contributed by atoms with Crippen LogP contribution >= 0.6 is 0 Å². The molecule has 1 aromatic carbocycles. The molecule has 0 fully saturated rings. The molecule has 1 N–H and O–H groups in total. The molecule has 0 spiro atoms. The quantitative estimate of drug-likeness (QED) is 0.763. The highest BCUT2D eigenvalue weighted by Crippen LogP contribution is 2.30. The van der Waals surface area contributed by atoms with Gasteiger partial charge in [0.15, 0.2) is 4.90 Å². The lowest BCUT2D eigenvalue weighted by atomic mass is 10.0. The second-order valence-electron chi connectivity index (χ2n) is 5.77. The summed E-state index contributed by atoms with van der Waals surface area (Å²) in [5.74, 6) is 0. The summed E-state index contributed by atoms with van der Waals surface area (Å²) in [6, 6.07) is 6.81. The van der Waals surface area contributed by atoms with E-state index in [1.54, 1.807) is 24.3 Å². The average Bonchev–Trinajstić information content (AvgIpc) is 2.55. The molecule has 2 aromatic rings. The zero-order valence-electron chi connectivity index (χ0n) is 13.2. The number of aromatic nitrogens is 2. The van der Waals surface area contributed by atoms with Gasteiger partial charge in [-0.2, -0.15) is 0 Å². The van der Waals surface area contributed by atoms with Crippen molar-refractivity contribution < 1.29 is 13.5 Å². The number of benzene rings is 1. The minimum absolute atomic E-state index is 0.147. The number of aliphatic hydroxyl groups is 1. The van der Waals surface area contributed by atoms with Crippen LogP contribution < -0.4 is 15.6 Å². The molecule has 2 heterocycles.